The number of aryl methyl sites for hydroxylation is 1. The van der Waals surface area contributed by atoms with Crippen LogP contribution in [0.2, 0.25) is 0 Å². The minimum atomic E-state index is 0.421. The number of nitrogens with zero attached hydrogens (tertiary/aromatic N) is 2. The lowest BCUT2D eigenvalue weighted by Crippen LogP contribution is -2.29. The standard InChI is InChI=1S/C14H25N3O2/c1-2-5-13-16-14(19-17-13)10-18-9-12-7-4-3-6-11(12)8-15/h11-12H,2-10,15H2,1H3. The molecule has 1 aromatic rings. The molecule has 2 rings (SSSR count). The third-order valence-corrected chi connectivity index (χ3v) is 3.91. The number of aromatic nitrogens is 2. The van der Waals surface area contributed by atoms with Crippen LogP contribution < -0.4 is 5.73 Å². The Morgan fingerprint density at radius 2 is 2.11 bits per heavy atom. The Morgan fingerprint density at radius 3 is 2.84 bits per heavy atom. The fourth-order valence-electron chi connectivity index (χ4n) is 2.79. The Kier molecular flexibility index (Phi) is 5.79. The highest BCUT2D eigenvalue weighted by Crippen LogP contribution is 2.29. The van der Waals surface area contributed by atoms with Crippen molar-refractivity contribution in [2.24, 2.45) is 17.6 Å². The highest BCUT2D eigenvalue weighted by atomic mass is 16.5. The van der Waals surface area contributed by atoms with Crippen LogP contribution in [0, 0.1) is 11.8 Å². The Labute approximate surface area is 114 Å². The summed E-state index contributed by atoms with van der Waals surface area (Å²) in [5.41, 5.74) is 5.82. The molecule has 1 heterocycles. The molecule has 2 N–H and O–H groups in total. The average molecular weight is 267 g/mol. The van der Waals surface area contributed by atoms with Gasteiger partial charge in [0.25, 0.3) is 5.89 Å². The molecule has 1 aliphatic carbocycles. The van der Waals surface area contributed by atoms with Gasteiger partial charge in [-0.05, 0) is 37.6 Å². The second-order valence-electron chi connectivity index (χ2n) is 5.41. The first-order valence-corrected chi connectivity index (χ1v) is 7.42. The summed E-state index contributed by atoms with van der Waals surface area (Å²) in [7, 11) is 0. The van der Waals surface area contributed by atoms with E-state index in [2.05, 4.69) is 17.1 Å². The molecule has 1 saturated carbocycles. The van der Waals surface area contributed by atoms with Gasteiger partial charge in [-0.3, -0.25) is 0 Å². The molecule has 0 saturated heterocycles. The predicted molar refractivity (Wildman–Crippen MR) is 72.5 cm³/mol. The molecule has 0 aromatic carbocycles. The zero-order valence-corrected chi connectivity index (χ0v) is 11.8. The van der Waals surface area contributed by atoms with Crippen LogP contribution in [0.15, 0.2) is 4.52 Å². The average Bonchev–Trinajstić information content (AvgIpc) is 2.87. The van der Waals surface area contributed by atoms with E-state index in [-0.39, 0.29) is 0 Å². The number of rotatable bonds is 7. The van der Waals surface area contributed by atoms with E-state index >= 15 is 0 Å². The van der Waals surface area contributed by atoms with Gasteiger partial charge in [0, 0.05) is 6.42 Å². The summed E-state index contributed by atoms with van der Waals surface area (Å²) in [5.74, 6) is 2.58. The van der Waals surface area contributed by atoms with E-state index in [1.54, 1.807) is 0 Å². The first-order valence-electron chi connectivity index (χ1n) is 7.42. The van der Waals surface area contributed by atoms with Crippen LogP contribution in [-0.4, -0.2) is 23.3 Å². The number of hydrogen-bond acceptors (Lipinski definition) is 5. The van der Waals surface area contributed by atoms with Crippen molar-refractivity contribution in [2.45, 2.75) is 52.1 Å². The van der Waals surface area contributed by atoms with Gasteiger partial charge in [0.15, 0.2) is 5.82 Å². The molecule has 5 heteroatoms. The smallest absolute Gasteiger partial charge is 0.252 e. The van der Waals surface area contributed by atoms with Crippen LogP contribution in [0.3, 0.4) is 0 Å². The number of nitrogens with two attached hydrogens (primary N) is 1. The highest BCUT2D eigenvalue weighted by Gasteiger charge is 2.24. The first kappa shape index (κ1) is 14.5. The van der Waals surface area contributed by atoms with E-state index in [9.17, 15) is 0 Å². The van der Waals surface area contributed by atoms with Gasteiger partial charge in [0.2, 0.25) is 0 Å². The van der Waals surface area contributed by atoms with Crippen molar-refractivity contribution in [1.82, 2.24) is 10.1 Å². The van der Waals surface area contributed by atoms with E-state index in [0.717, 1.165) is 31.8 Å². The quantitative estimate of drug-likeness (QED) is 0.820. The van der Waals surface area contributed by atoms with E-state index in [1.165, 1.54) is 25.7 Å². The minimum Gasteiger partial charge on any atom is -0.371 e. The maximum absolute atomic E-state index is 5.82. The molecule has 2 atom stereocenters. The third-order valence-electron chi connectivity index (χ3n) is 3.91. The first-order chi connectivity index (χ1) is 9.33. The summed E-state index contributed by atoms with van der Waals surface area (Å²) < 4.78 is 10.9. The molecule has 0 radical (unpaired) electrons. The van der Waals surface area contributed by atoms with E-state index in [1.807, 2.05) is 0 Å². The Balaban J connectivity index is 1.72. The Bertz CT molecular complexity index is 367. The molecular weight excluding hydrogens is 242 g/mol. The summed E-state index contributed by atoms with van der Waals surface area (Å²) in [6, 6.07) is 0. The molecule has 5 nitrogen and oxygen atoms in total. The molecular formula is C14H25N3O2. The third kappa shape index (κ3) is 4.28. The van der Waals surface area contributed by atoms with Gasteiger partial charge in [-0.1, -0.05) is 24.9 Å². The molecule has 0 spiro atoms. The van der Waals surface area contributed by atoms with Crippen molar-refractivity contribution in [1.29, 1.82) is 0 Å². The fourth-order valence-corrected chi connectivity index (χ4v) is 2.79. The van der Waals surface area contributed by atoms with Crippen LogP contribution in [0.25, 0.3) is 0 Å². The monoisotopic (exact) mass is 267 g/mol. The van der Waals surface area contributed by atoms with E-state index < -0.39 is 0 Å². The van der Waals surface area contributed by atoms with Crippen molar-refractivity contribution in [3.05, 3.63) is 11.7 Å². The molecule has 19 heavy (non-hydrogen) atoms. The fraction of sp³-hybridized carbons (Fsp3) is 0.857. The molecule has 1 fully saturated rings. The molecule has 2 unspecified atom stereocenters. The normalized spacial score (nSPS) is 23.7. The predicted octanol–water partition coefficient (Wildman–Crippen LogP) is 2.30. The molecule has 1 aliphatic rings. The van der Waals surface area contributed by atoms with Gasteiger partial charge < -0.3 is 15.0 Å². The topological polar surface area (TPSA) is 74.2 Å². The second-order valence-corrected chi connectivity index (χ2v) is 5.41. The summed E-state index contributed by atoms with van der Waals surface area (Å²) in [6.07, 6.45) is 6.97. The van der Waals surface area contributed by atoms with E-state index in [0.29, 0.717) is 24.3 Å². The Hall–Kier alpha value is -0.940. The van der Waals surface area contributed by atoms with E-state index in [4.69, 9.17) is 15.0 Å². The molecule has 0 amide bonds. The summed E-state index contributed by atoms with van der Waals surface area (Å²) >= 11 is 0. The molecule has 1 aromatic heterocycles. The summed E-state index contributed by atoms with van der Waals surface area (Å²) in [4.78, 5) is 4.29. The van der Waals surface area contributed by atoms with Crippen molar-refractivity contribution in [3.63, 3.8) is 0 Å². The van der Waals surface area contributed by atoms with Crippen molar-refractivity contribution in [3.8, 4) is 0 Å². The van der Waals surface area contributed by atoms with Crippen molar-refractivity contribution >= 4 is 0 Å². The lowest BCUT2D eigenvalue weighted by molar-refractivity contribution is 0.0387. The van der Waals surface area contributed by atoms with Crippen molar-refractivity contribution < 1.29 is 9.26 Å². The molecule has 108 valence electrons. The zero-order valence-electron chi connectivity index (χ0n) is 11.8. The Morgan fingerprint density at radius 1 is 1.32 bits per heavy atom. The van der Waals surface area contributed by atoms with Gasteiger partial charge >= 0.3 is 0 Å². The minimum absolute atomic E-state index is 0.421. The number of hydrogen-bond donors (Lipinski definition) is 1. The SMILES string of the molecule is CCCc1noc(COCC2CCCCC2CN)n1. The van der Waals surface area contributed by atoms with Crippen LogP contribution in [0.5, 0.6) is 0 Å². The largest absolute Gasteiger partial charge is 0.371 e. The van der Waals surface area contributed by atoms with Gasteiger partial charge in [0.1, 0.15) is 6.61 Å². The summed E-state index contributed by atoms with van der Waals surface area (Å²) in [5, 5.41) is 3.92. The molecule has 0 aliphatic heterocycles. The van der Waals surface area contributed by atoms with Gasteiger partial charge in [-0.2, -0.15) is 4.98 Å². The summed E-state index contributed by atoms with van der Waals surface area (Å²) in [6.45, 7) is 4.05. The highest BCUT2D eigenvalue weighted by molar-refractivity contribution is 4.84. The van der Waals surface area contributed by atoms with Crippen LogP contribution in [-0.2, 0) is 17.8 Å². The van der Waals surface area contributed by atoms with Crippen LogP contribution in [0.1, 0.15) is 50.7 Å². The van der Waals surface area contributed by atoms with Crippen molar-refractivity contribution in [2.75, 3.05) is 13.2 Å². The maximum atomic E-state index is 5.82. The number of ether oxygens (including phenoxy) is 1. The maximum Gasteiger partial charge on any atom is 0.252 e. The lowest BCUT2D eigenvalue weighted by atomic mass is 9.80. The zero-order chi connectivity index (χ0) is 13.5. The van der Waals surface area contributed by atoms with Gasteiger partial charge in [-0.25, -0.2) is 0 Å². The van der Waals surface area contributed by atoms with Crippen LogP contribution >= 0.6 is 0 Å². The van der Waals surface area contributed by atoms with Gasteiger partial charge in [0.05, 0.1) is 6.61 Å². The lowest BCUT2D eigenvalue weighted by Gasteiger charge is -2.30. The second kappa shape index (κ2) is 7.60. The molecule has 0 bridgehead atoms. The van der Waals surface area contributed by atoms with Crippen LogP contribution in [0.4, 0.5) is 0 Å². The van der Waals surface area contributed by atoms with Gasteiger partial charge in [-0.15, -0.1) is 0 Å².